The average Bonchev–Trinajstić information content (AvgIpc) is 3.30. The van der Waals surface area contributed by atoms with Crippen molar-refractivity contribution in [2.45, 2.75) is 13.1 Å². The number of halogens is 3. The Morgan fingerprint density at radius 1 is 1.17 bits per heavy atom. The first kappa shape index (κ1) is 25.7. The molecule has 1 amide bonds. The second kappa shape index (κ2) is 10.6. The summed E-state index contributed by atoms with van der Waals surface area (Å²) in [5.74, 6) is -1.26. The van der Waals surface area contributed by atoms with E-state index >= 15 is 0 Å². The Bertz CT molecular complexity index is 1390. The molecular formula is C24H16F3N3O6. The van der Waals surface area contributed by atoms with Crippen LogP contribution in [0.25, 0.3) is 17.4 Å². The minimum absolute atomic E-state index is 0.0610. The number of carbonyl (C=O) groups is 2. The van der Waals surface area contributed by atoms with E-state index in [9.17, 15) is 38.1 Å². The van der Waals surface area contributed by atoms with Gasteiger partial charge >= 0.3 is 12.1 Å². The van der Waals surface area contributed by atoms with Crippen molar-refractivity contribution >= 4 is 29.3 Å². The number of ether oxygens (including phenoxy) is 1. The highest BCUT2D eigenvalue weighted by Gasteiger charge is 2.36. The zero-order chi connectivity index (χ0) is 26.5. The number of nitrogens with zero attached hydrogens (tertiary/aromatic N) is 2. The SMILES string of the molecule is CCOC(=O)c1ccc(-c2ccc(/C=C(\C#N)C(=O)Nc3ccc([N+](=O)[O-])cc3C(F)(F)F)o2)cc1. The van der Waals surface area contributed by atoms with E-state index in [0.717, 1.165) is 18.2 Å². The molecule has 184 valence electrons. The number of anilines is 1. The van der Waals surface area contributed by atoms with E-state index < -0.39 is 45.5 Å². The molecule has 0 bridgehead atoms. The normalized spacial score (nSPS) is 11.5. The number of furan rings is 1. The summed E-state index contributed by atoms with van der Waals surface area (Å²) in [7, 11) is 0. The van der Waals surface area contributed by atoms with E-state index in [1.165, 1.54) is 24.3 Å². The molecule has 0 radical (unpaired) electrons. The molecule has 0 saturated heterocycles. The molecule has 1 N–H and O–H groups in total. The lowest BCUT2D eigenvalue weighted by Crippen LogP contribution is -2.18. The van der Waals surface area contributed by atoms with Crippen molar-refractivity contribution in [1.29, 1.82) is 5.26 Å². The van der Waals surface area contributed by atoms with Crippen LogP contribution in [0.2, 0.25) is 0 Å². The molecule has 0 saturated carbocycles. The van der Waals surface area contributed by atoms with Crippen molar-refractivity contribution in [1.82, 2.24) is 0 Å². The molecule has 2 aromatic carbocycles. The summed E-state index contributed by atoms with van der Waals surface area (Å²) in [5, 5.41) is 22.1. The lowest BCUT2D eigenvalue weighted by atomic mass is 10.1. The third-order valence-electron chi connectivity index (χ3n) is 4.73. The van der Waals surface area contributed by atoms with Crippen molar-refractivity contribution in [3.63, 3.8) is 0 Å². The Kier molecular flexibility index (Phi) is 7.54. The van der Waals surface area contributed by atoms with Crippen molar-refractivity contribution < 1.29 is 36.8 Å². The fourth-order valence-corrected chi connectivity index (χ4v) is 3.04. The molecular weight excluding hydrogens is 483 g/mol. The van der Waals surface area contributed by atoms with Crippen LogP contribution < -0.4 is 5.32 Å². The molecule has 0 fully saturated rings. The number of non-ortho nitro benzene ring substituents is 1. The number of benzene rings is 2. The van der Waals surface area contributed by atoms with Crippen LogP contribution in [0.4, 0.5) is 24.5 Å². The molecule has 0 unspecified atom stereocenters. The predicted octanol–water partition coefficient (Wildman–Crippen LogP) is 5.60. The van der Waals surface area contributed by atoms with Gasteiger partial charge < -0.3 is 14.5 Å². The predicted molar refractivity (Wildman–Crippen MR) is 120 cm³/mol. The van der Waals surface area contributed by atoms with Crippen LogP contribution in [0.5, 0.6) is 0 Å². The summed E-state index contributed by atoms with van der Waals surface area (Å²) in [6.45, 7) is 1.91. The highest BCUT2D eigenvalue weighted by Crippen LogP contribution is 2.37. The van der Waals surface area contributed by atoms with Gasteiger partial charge in [0.25, 0.3) is 11.6 Å². The van der Waals surface area contributed by atoms with Crippen LogP contribution >= 0.6 is 0 Å². The number of esters is 1. The van der Waals surface area contributed by atoms with Crippen molar-refractivity contribution in [2.24, 2.45) is 0 Å². The van der Waals surface area contributed by atoms with E-state index in [4.69, 9.17) is 9.15 Å². The molecule has 0 spiro atoms. The fraction of sp³-hybridized carbons (Fsp3) is 0.125. The van der Waals surface area contributed by atoms with E-state index in [0.29, 0.717) is 16.9 Å². The van der Waals surface area contributed by atoms with Crippen molar-refractivity contribution in [2.75, 3.05) is 11.9 Å². The molecule has 0 atom stereocenters. The van der Waals surface area contributed by atoms with Gasteiger partial charge in [-0.3, -0.25) is 14.9 Å². The summed E-state index contributed by atoms with van der Waals surface area (Å²) in [6, 6.07) is 12.6. The molecule has 3 aromatic rings. The van der Waals surface area contributed by atoms with Gasteiger partial charge in [0.05, 0.1) is 28.3 Å². The molecule has 9 nitrogen and oxygen atoms in total. The molecule has 0 aliphatic heterocycles. The number of nitriles is 1. The van der Waals surface area contributed by atoms with Crippen LogP contribution in [-0.4, -0.2) is 23.4 Å². The Hall–Kier alpha value is -4.92. The number of carbonyl (C=O) groups excluding carboxylic acids is 2. The minimum atomic E-state index is -5.00. The van der Waals surface area contributed by atoms with Gasteiger partial charge in [0.2, 0.25) is 0 Å². The van der Waals surface area contributed by atoms with Gasteiger partial charge in [-0.15, -0.1) is 0 Å². The molecule has 36 heavy (non-hydrogen) atoms. The van der Waals surface area contributed by atoms with Gasteiger partial charge in [0.15, 0.2) is 0 Å². The number of rotatable bonds is 7. The van der Waals surface area contributed by atoms with Gasteiger partial charge in [0, 0.05) is 23.8 Å². The minimum Gasteiger partial charge on any atom is -0.462 e. The number of alkyl halides is 3. The first-order valence-electron chi connectivity index (χ1n) is 10.2. The fourth-order valence-electron chi connectivity index (χ4n) is 3.04. The number of nitrogens with one attached hydrogen (secondary N) is 1. The summed E-state index contributed by atoms with van der Waals surface area (Å²) in [4.78, 5) is 34.1. The van der Waals surface area contributed by atoms with Gasteiger partial charge in [-0.1, -0.05) is 12.1 Å². The van der Waals surface area contributed by atoms with E-state index in [1.54, 1.807) is 25.1 Å². The summed E-state index contributed by atoms with van der Waals surface area (Å²) in [6.07, 6.45) is -3.96. The van der Waals surface area contributed by atoms with Crippen molar-refractivity contribution in [3.05, 3.63) is 87.2 Å². The standard InChI is InChI=1S/C24H16F3N3O6/c1-2-35-23(32)15-5-3-14(4-6-15)21-10-8-18(36-21)11-16(13-28)22(31)29-20-9-7-17(30(33)34)12-19(20)24(25,26)27/h3-12H,2H2,1H3,(H,29,31)/b16-11+. The summed E-state index contributed by atoms with van der Waals surface area (Å²) < 4.78 is 50.5. The Labute approximate surface area is 201 Å². The van der Waals surface area contributed by atoms with Crippen molar-refractivity contribution in [3.8, 4) is 17.4 Å². The van der Waals surface area contributed by atoms with E-state index in [2.05, 4.69) is 0 Å². The van der Waals surface area contributed by atoms with Crippen LogP contribution in [0, 0.1) is 21.4 Å². The quantitative estimate of drug-likeness (QED) is 0.147. The second-order valence-corrected chi connectivity index (χ2v) is 7.11. The lowest BCUT2D eigenvalue weighted by Gasteiger charge is -2.13. The van der Waals surface area contributed by atoms with Gasteiger partial charge in [-0.25, -0.2) is 4.79 Å². The maximum Gasteiger partial charge on any atom is 0.418 e. The summed E-state index contributed by atoms with van der Waals surface area (Å²) >= 11 is 0. The molecule has 12 heteroatoms. The highest BCUT2D eigenvalue weighted by molar-refractivity contribution is 6.09. The largest absolute Gasteiger partial charge is 0.462 e. The number of amides is 1. The molecule has 3 rings (SSSR count). The maximum absolute atomic E-state index is 13.3. The Balaban J connectivity index is 1.82. The van der Waals surface area contributed by atoms with Crippen LogP contribution in [0.1, 0.15) is 28.6 Å². The number of hydrogen-bond acceptors (Lipinski definition) is 7. The van der Waals surface area contributed by atoms with Crippen LogP contribution in [0.15, 0.2) is 64.6 Å². The van der Waals surface area contributed by atoms with Gasteiger partial charge in [-0.2, -0.15) is 18.4 Å². The first-order valence-corrected chi connectivity index (χ1v) is 10.2. The first-order chi connectivity index (χ1) is 17.0. The van der Waals surface area contributed by atoms with Gasteiger partial charge in [-0.05, 0) is 37.3 Å². The third-order valence-corrected chi connectivity index (χ3v) is 4.73. The summed E-state index contributed by atoms with van der Waals surface area (Å²) in [5.41, 5.74) is -2.66. The number of nitro benzene ring substituents is 1. The average molecular weight is 499 g/mol. The van der Waals surface area contributed by atoms with E-state index in [1.807, 2.05) is 5.32 Å². The Morgan fingerprint density at radius 3 is 2.44 bits per heavy atom. The molecule has 1 aromatic heterocycles. The maximum atomic E-state index is 13.3. The monoisotopic (exact) mass is 499 g/mol. The Morgan fingerprint density at radius 2 is 1.86 bits per heavy atom. The number of nitro groups is 1. The smallest absolute Gasteiger partial charge is 0.418 e. The number of hydrogen-bond donors (Lipinski definition) is 1. The van der Waals surface area contributed by atoms with Crippen LogP contribution in [0.3, 0.4) is 0 Å². The van der Waals surface area contributed by atoms with E-state index in [-0.39, 0.29) is 18.4 Å². The second-order valence-electron chi connectivity index (χ2n) is 7.11. The zero-order valence-electron chi connectivity index (χ0n) is 18.5. The lowest BCUT2D eigenvalue weighted by molar-refractivity contribution is -0.385. The van der Waals surface area contributed by atoms with Gasteiger partial charge in [0.1, 0.15) is 23.2 Å². The van der Waals surface area contributed by atoms with Crippen LogP contribution in [-0.2, 0) is 15.7 Å². The topological polar surface area (TPSA) is 135 Å². The zero-order valence-corrected chi connectivity index (χ0v) is 18.5. The molecule has 0 aliphatic carbocycles. The molecule has 1 heterocycles. The molecule has 0 aliphatic rings. The highest BCUT2D eigenvalue weighted by atomic mass is 19.4. The third kappa shape index (κ3) is 5.95.